The number of nitrogens with one attached hydrogen (secondary N) is 3. The van der Waals surface area contributed by atoms with Crippen LogP contribution >= 0.6 is 0 Å². The molecule has 1 aliphatic heterocycles. The second-order valence-electron chi connectivity index (χ2n) is 8.86. The topological polar surface area (TPSA) is 83.1 Å². The van der Waals surface area contributed by atoms with E-state index in [1.165, 1.54) is 12.8 Å². The standard InChI is InChI=1S/C26H28N4O2/c31-25(29-16-22-6-1-2-10-28-22)19-5-3-4-18(12-19)23-14-24(23)26(32)30-21-8-7-20-15-27-11-9-17(20)13-21/h3-5,7-9,11-13,15,22-24,28H,1-2,6,10,14,16H2,(H,29,31)(H,30,32)/t22?,23-,24+/m0/s1. The Kier molecular flexibility index (Phi) is 5.86. The summed E-state index contributed by atoms with van der Waals surface area (Å²) in [5.74, 6) is 0.0773. The van der Waals surface area contributed by atoms with Gasteiger partial charge in [-0.2, -0.15) is 0 Å². The molecule has 6 heteroatoms. The van der Waals surface area contributed by atoms with Gasteiger partial charge >= 0.3 is 0 Å². The number of benzene rings is 2. The number of hydrogen-bond acceptors (Lipinski definition) is 4. The maximum absolute atomic E-state index is 12.8. The van der Waals surface area contributed by atoms with E-state index in [0.717, 1.165) is 41.4 Å². The zero-order valence-corrected chi connectivity index (χ0v) is 18.0. The fourth-order valence-electron chi connectivity index (χ4n) is 4.58. The van der Waals surface area contributed by atoms with Crippen molar-refractivity contribution in [2.45, 2.75) is 37.6 Å². The van der Waals surface area contributed by atoms with Crippen LogP contribution in [0.3, 0.4) is 0 Å². The fourth-order valence-corrected chi connectivity index (χ4v) is 4.58. The van der Waals surface area contributed by atoms with Crippen molar-refractivity contribution in [3.8, 4) is 0 Å². The molecule has 32 heavy (non-hydrogen) atoms. The number of nitrogens with zero attached hydrogens (tertiary/aromatic N) is 1. The molecule has 5 rings (SSSR count). The number of carbonyl (C=O) groups excluding carboxylic acids is 2. The first-order valence-electron chi connectivity index (χ1n) is 11.4. The first-order chi connectivity index (χ1) is 15.7. The van der Waals surface area contributed by atoms with Crippen LogP contribution in [0.5, 0.6) is 0 Å². The summed E-state index contributed by atoms with van der Waals surface area (Å²) in [7, 11) is 0. The van der Waals surface area contributed by atoms with E-state index in [1.807, 2.05) is 54.7 Å². The predicted molar refractivity (Wildman–Crippen MR) is 126 cm³/mol. The zero-order chi connectivity index (χ0) is 21.9. The van der Waals surface area contributed by atoms with E-state index >= 15 is 0 Å². The molecule has 3 atom stereocenters. The molecule has 2 heterocycles. The Morgan fingerprint density at radius 1 is 1.06 bits per heavy atom. The van der Waals surface area contributed by atoms with E-state index < -0.39 is 0 Å². The van der Waals surface area contributed by atoms with E-state index in [0.29, 0.717) is 18.2 Å². The van der Waals surface area contributed by atoms with Gasteiger partial charge in [0.1, 0.15) is 0 Å². The van der Waals surface area contributed by atoms with E-state index in [2.05, 4.69) is 20.9 Å². The van der Waals surface area contributed by atoms with E-state index in [4.69, 9.17) is 0 Å². The fraction of sp³-hybridized carbons (Fsp3) is 0.346. The van der Waals surface area contributed by atoms with E-state index in [1.54, 1.807) is 6.20 Å². The molecule has 0 radical (unpaired) electrons. The van der Waals surface area contributed by atoms with Crippen molar-refractivity contribution < 1.29 is 9.59 Å². The van der Waals surface area contributed by atoms with Crippen molar-refractivity contribution in [3.05, 3.63) is 72.1 Å². The third kappa shape index (κ3) is 4.65. The monoisotopic (exact) mass is 428 g/mol. The summed E-state index contributed by atoms with van der Waals surface area (Å²) < 4.78 is 0. The molecule has 2 fully saturated rings. The van der Waals surface area contributed by atoms with Gasteiger partial charge in [0.15, 0.2) is 0 Å². The van der Waals surface area contributed by atoms with Gasteiger partial charge in [0.25, 0.3) is 5.91 Å². The highest BCUT2D eigenvalue weighted by Crippen LogP contribution is 2.48. The molecule has 1 saturated carbocycles. The quantitative estimate of drug-likeness (QED) is 0.557. The highest BCUT2D eigenvalue weighted by molar-refractivity contribution is 5.98. The predicted octanol–water partition coefficient (Wildman–Crippen LogP) is 3.85. The molecule has 2 amide bonds. The lowest BCUT2D eigenvalue weighted by Gasteiger charge is -2.23. The van der Waals surface area contributed by atoms with Gasteiger partial charge in [0.05, 0.1) is 0 Å². The van der Waals surface area contributed by atoms with Gasteiger partial charge in [-0.05, 0) is 73.0 Å². The van der Waals surface area contributed by atoms with Crippen LogP contribution in [0.4, 0.5) is 5.69 Å². The number of fused-ring (bicyclic) bond motifs is 1. The van der Waals surface area contributed by atoms with Gasteiger partial charge in [0.2, 0.25) is 5.91 Å². The van der Waals surface area contributed by atoms with Crippen LogP contribution in [-0.2, 0) is 4.79 Å². The molecule has 0 bridgehead atoms. The number of aromatic nitrogens is 1. The van der Waals surface area contributed by atoms with Crippen molar-refractivity contribution in [1.29, 1.82) is 0 Å². The first kappa shape index (κ1) is 20.6. The molecule has 1 saturated heterocycles. The molecule has 1 aliphatic carbocycles. The average molecular weight is 429 g/mol. The van der Waals surface area contributed by atoms with Gasteiger partial charge in [-0.3, -0.25) is 14.6 Å². The highest BCUT2D eigenvalue weighted by atomic mass is 16.2. The molecule has 2 aromatic carbocycles. The van der Waals surface area contributed by atoms with Crippen molar-refractivity contribution in [3.63, 3.8) is 0 Å². The van der Waals surface area contributed by atoms with Crippen molar-refractivity contribution >= 4 is 28.3 Å². The Morgan fingerprint density at radius 3 is 2.88 bits per heavy atom. The van der Waals surface area contributed by atoms with Crippen LogP contribution in [0.15, 0.2) is 60.9 Å². The maximum atomic E-state index is 12.8. The Morgan fingerprint density at radius 2 is 2.00 bits per heavy atom. The van der Waals surface area contributed by atoms with Crippen LogP contribution in [0, 0.1) is 5.92 Å². The normalized spacial score (nSPS) is 22.3. The summed E-state index contributed by atoms with van der Waals surface area (Å²) in [6, 6.07) is 15.8. The Balaban J connectivity index is 1.18. The van der Waals surface area contributed by atoms with Crippen molar-refractivity contribution in [2.24, 2.45) is 5.92 Å². The maximum Gasteiger partial charge on any atom is 0.251 e. The average Bonchev–Trinajstić information content (AvgIpc) is 3.65. The number of rotatable bonds is 6. The van der Waals surface area contributed by atoms with E-state index in [-0.39, 0.29) is 23.7 Å². The van der Waals surface area contributed by atoms with Crippen molar-refractivity contribution in [2.75, 3.05) is 18.4 Å². The summed E-state index contributed by atoms with van der Waals surface area (Å²) >= 11 is 0. The molecule has 1 unspecified atom stereocenters. The number of anilines is 1. The Bertz CT molecular complexity index is 1140. The van der Waals surface area contributed by atoms with Crippen LogP contribution < -0.4 is 16.0 Å². The van der Waals surface area contributed by atoms with Gasteiger partial charge in [-0.15, -0.1) is 0 Å². The summed E-state index contributed by atoms with van der Waals surface area (Å²) in [6.07, 6.45) is 7.89. The lowest BCUT2D eigenvalue weighted by Crippen LogP contribution is -2.43. The lowest BCUT2D eigenvalue weighted by atomic mass is 10.0. The second kappa shape index (κ2) is 9.09. The number of carbonyl (C=O) groups is 2. The van der Waals surface area contributed by atoms with Crippen molar-refractivity contribution in [1.82, 2.24) is 15.6 Å². The minimum atomic E-state index is -0.0621. The number of pyridine rings is 1. The largest absolute Gasteiger partial charge is 0.350 e. The minimum absolute atomic E-state index is 0.0293. The van der Waals surface area contributed by atoms with Crippen LogP contribution in [0.2, 0.25) is 0 Å². The third-order valence-electron chi connectivity index (χ3n) is 6.53. The summed E-state index contributed by atoms with van der Waals surface area (Å²) in [5, 5.41) is 11.6. The Labute approximate surface area is 187 Å². The first-order valence-corrected chi connectivity index (χ1v) is 11.4. The van der Waals surface area contributed by atoms with Crippen LogP contribution in [0.1, 0.15) is 47.5 Å². The lowest BCUT2D eigenvalue weighted by molar-refractivity contribution is -0.117. The van der Waals surface area contributed by atoms with Crippen LogP contribution in [-0.4, -0.2) is 35.9 Å². The van der Waals surface area contributed by atoms with Gasteiger partial charge < -0.3 is 16.0 Å². The molecule has 1 aromatic heterocycles. The van der Waals surface area contributed by atoms with Crippen LogP contribution in [0.25, 0.3) is 10.8 Å². The zero-order valence-electron chi connectivity index (χ0n) is 18.0. The third-order valence-corrected chi connectivity index (χ3v) is 6.53. The van der Waals surface area contributed by atoms with Gasteiger partial charge in [-0.1, -0.05) is 24.6 Å². The smallest absolute Gasteiger partial charge is 0.251 e. The summed E-state index contributed by atoms with van der Waals surface area (Å²) in [4.78, 5) is 29.5. The van der Waals surface area contributed by atoms with Gasteiger partial charge in [-0.25, -0.2) is 0 Å². The number of amides is 2. The highest BCUT2D eigenvalue weighted by Gasteiger charge is 2.44. The second-order valence-corrected chi connectivity index (χ2v) is 8.86. The minimum Gasteiger partial charge on any atom is -0.350 e. The van der Waals surface area contributed by atoms with Gasteiger partial charge in [0, 0.05) is 47.5 Å². The molecule has 6 nitrogen and oxygen atoms in total. The molecule has 3 aromatic rings. The number of hydrogen-bond donors (Lipinski definition) is 3. The molecule has 2 aliphatic rings. The van der Waals surface area contributed by atoms with E-state index in [9.17, 15) is 9.59 Å². The molecular formula is C26H28N4O2. The summed E-state index contributed by atoms with van der Waals surface area (Å²) in [5.41, 5.74) is 2.51. The molecule has 3 N–H and O–H groups in total. The summed E-state index contributed by atoms with van der Waals surface area (Å²) in [6.45, 7) is 1.68. The molecular weight excluding hydrogens is 400 g/mol. The Hall–Kier alpha value is -3.25. The molecule has 0 spiro atoms. The SMILES string of the molecule is O=C(NCC1CCCCN1)c1cccc([C@@H]2C[C@H]2C(=O)Nc2ccc3cnccc3c2)c1. The number of piperidine rings is 1. The molecule has 164 valence electrons.